The SMILES string of the molecule is CCC(CCO)CCOC(C)CCC(C)C. The first-order chi connectivity index (χ1) is 7.60. The molecular weight excluding hydrogens is 200 g/mol. The summed E-state index contributed by atoms with van der Waals surface area (Å²) in [4.78, 5) is 0. The van der Waals surface area contributed by atoms with Crippen molar-refractivity contribution in [1.82, 2.24) is 0 Å². The molecule has 0 heterocycles. The van der Waals surface area contributed by atoms with Crippen molar-refractivity contribution < 1.29 is 9.84 Å². The lowest BCUT2D eigenvalue weighted by atomic mass is 9.99. The highest BCUT2D eigenvalue weighted by molar-refractivity contribution is 4.58. The maximum atomic E-state index is 8.88. The minimum Gasteiger partial charge on any atom is -0.396 e. The number of rotatable bonds is 10. The fourth-order valence-electron chi connectivity index (χ4n) is 1.82. The van der Waals surface area contributed by atoms with Gasteiger partial charge in [-0.15, -0.1) is 0 Å². The number of ether oxygens (including phenoxy) is 1. The van der Waals surface area contributed by atoms with Crippen molar-refractivity contribution in [1.29, 1.82) is 0 Å². The van der Waals surface area contributed by atoms with Gasteiger partial charge in [-0.05, 0) is 44.4 Å². The van der Waals surface area contributed by atoms with E-state index in [-0.39, 0.29) is 0 Å². The summed E-state index contributed by atoms with van der Waals surface area (Å²) in [5.41, 5.74) is 0. The number of aliphatic hydroxyl groups is 1. The topological polar surface area (TPSA) is 29.5 Å². The quantitative estimate of drug-likeness (QED) is 0.621. The second-order valence-electron chi connectivity index (χ2n) is 5.23. The molecule has 0 fully saturated rings. The molecule has 0 aliphatic rings. The molecule has 0 saturated heterocycles. The van der Waals surface area contributed by atoms with Crippen LogP contribution in [0.2, 0.25) is 0 Å². The van der Waals surface area contributed by atoms with Crippen molar-refractivity contribution in [3.8, 4) is 0 Å². The largest absolute Gasteiger partial charge is 0.396 e. The molecule has 0 spiro atoms. The van der Waals surface area contributed by atoms with E-state index in [9.17, 15) is 0 Å². The van der Waals surface area contributed by atoms with Gasteiger partial charge in [-0.3, -0.25) is 0 Å². The van der Waals surface area contributed by atoms with Crippen molar-refractivity contribution >= 4 is 0 Å². The Morgan fingerprint density at radius 1 is 1.00 bits per heavy atom. The van der Waals surface area contributed by atoms with Crippen LogP contribution in [-0.2, 0) is 4.74 Å². The molecule has 0 saturated carbocycles. The molecule has 0 rings (SSSR count). The zero-order valence-corrected chi connectivity index (χ0v) is 11.5. The zero-order valence-electron chi connectivity index (χ0n) is 11.5. The highest BCUT2D eigenvalue weighted by atomic mass is 16.5. The average Bonchev–Trinajstić information content (AvgIpc) is 2.25. The van der Waals surface area contributed by atoms with Gasteiger partial charge in [0.25, 0.3) is 0 Å². The summed E-state index contributed by atoms with van der Waals surface area (Å²) < 4.78 is 5.79. The van der Waals surface area contributed by atoms with E-state index < -0.39 is 0 Å². The van der Waals surface area contributed by atoms with Crippen LogP contribution >= 0.6 is 0 Å². The van der Waals surface area contributed by atoms with E-state index in [1.807, 2.05) is 0 Å². The third kappa shape index (κ3) is 9.17. The molecule has 1 N–H and O–H groups in total. The van der Waals surface area contributed by atoms with Gasteiger partial charge in [0, 0.05) is 13.2 Å². The van der Waals surface area contributed by atoms with Crippen molar-refractivity contribution in [3.63, 3.8) is 0 Å². The van der Waals surface area contributed by atoms with E-state index in [0.29, 0.717) is 18.6 Å². The summed E-state index contributed by atoms with van der Waals surface area (Å²) >= 11 is 0. The monoisotopic (exact) mass is 230 g/mol. The molecule has 2 heteroatoms. The molecule has 2 unspecified atom stereocenters. The van der Waals surface area contributed by atoms with E-state index >= 15 is 0 Å². The summed E-state index contributed by atoms with van der Waals surface area (Å²) in [6.45, 7) is 10.00. The maximum absolute atomic E-state index is 8.88. The fourth-order valence-corrected chi connectivity index (χ4v) is 1.82. The molecule has 0 amide bonds. The van der Waals surface area contributed by atoms with E-state index in [1.165, 1.54) is 6.42 Å². The van der Waals surface area contributed by atoms with Crippen LogP contribution in [-0.4, -0.2) is 24.4 Å². The van der Waals surface area contributed by atoms with Gasteiger partial charge in [-0.2, -0.15) is 0 Å². The van der Waals surface area contributed by atoms with Crippen LogP contribution in [0, 0.1) is 11.8 Å². The lowest BCUT2D eigenvalue weighted by Crippen LogP contribution is -2.13. The second kappa shape index (κ2) is 10.1. The molecule has 0 aliphatic heterocycles. The molecule has 0 aromatic carbocycles. The Bertz CT molecular complexity index is 146. The number of aliphatic hydroxyl groups excluding tert-OH is 1. The van der Waals surface area contributed by atoms with Gasteiger partial charge in [0.15, 0.2) is 0 Å². The van der Waals surface area contributed by atoms with Gasteiger partial charge in [0.2, 0.25) is 0 Å². The fraction of sp³-hybridized carbons (Fsp3) is 1.00. The van der Waals surface area contributed by atoms with Crippen LogP contribution in [0.5, 0.6) is 0 Å². The van der Waals surface area contributed by atoms with Crippen molar-refractivity contribution in [2.75, 3.05) is 13.2 Å². The first-order valence-electron chi connectivity index (χ1n) is 6.82. The predicted molar refractivity (Wildman–Crippen MR) is 69.6 cm³/mol. The average molecular weight is 230 g/mol. The molecule has 16 heavy (non-hydrogen) atoms. The van der Waals surface area contributed by atoms with E-state index in [0.717, 1.165) is 38.2 Å². The minimum absolute atomic E-state index is 0.307. The third-order valence-corrected chi connectivity index (χ3v) is 3.19. The first kappa shape index (κ1) is 15.9. The van der Waals surface area contributed by atoms with Gasteiger partial charge in [-0.1, -0.05) is 27.2 Å². The van der Waals surface area contributed by atoms with Crippen LogP contribution in [0.3, 0.4) is 0 Å². The van der Waals surface area contributed by atoms with Crippen LogP contribution < -0.4 is 0 Å². The summed E-state index contributed by atoms with van der Waals surface area (Å²) in [6, 6.07) is 0. The highest BCUT2D eigenvalue weighted by Crippen LogP contribution is 2.14. The summed E-state index contributed by atoms with van der Waals surface area (Å²) in [5.74, 6) is 1.39. The zero-order chi connectivity index (χ0) is 12.4. The van der Waals surface area contributed by atoms with Gasteiger partial charge in [-0.25, -0.2) is 0 Å². The third-order valence-electron chi connectivity index (χ3n) is 3.19. The summed E-state index contributed by atoms with van der Waals surface area (Å²) in [7, 11) is 0. The second-order valence-corrected chi connectivity index (χ2v) is 5.23. The number of hydrogen-bond acceptors (Lipinski definition) is 2. The smallest absolute Gasteiger partial charge is 0.0547 e. The van der Waals surface area contributed by atoms with Crippen LogP contribution in [0.4, 0.5) is 0 Å². The van der Waals surface area contributed by atoms with Gasteiger partial charge >= 0.3 is 0 Å². The molecule has 0 aliphatic carbocycles. The van der Waals surface area contributed by atoms with Crippen LogP contribution in [0.1, 0.15) is 59.8 Å². The highest BCUT2D eigenvalue weighted by Gasteiger charge is 2.08. The molecular formula is C14H30O2. The van der Waals surface area contributed by atoms with Crippen LogP contribution in [0.25, 0.3) is 0 Å². The van der Waals surface area contributed by atoms with E-state index in [4.69, 9.17) is 9.84 Å². The Hall–Kier alpha value is -0.0800. The Kier molecular flexibility index (Phi) is 10.0. The minimum atomic E-state index is 0.307. The Balaban J connectivity index is 3.47. The normalized spacial score (nSPS) is 15.4. The Labute approximate surface area is 101 Å². The van der Waals surface area contributed by atoms with Gasteiger partial charge in [0.1, 0.15) is 0 Å². The van der Waals surface area contributed by atoms with Gasteiger partial charge in [0.05, 0.1) is 6.10 Å². The van der Waals surface area contributed by atoms with E-state index in [2.05, 4.69) is 27.7 Å². The lowest BCUT2D eigenvalue weighted by molar-refractivity contribution is 0.0455. The molecule has 0 radical (unpaired) electrons. The Morgan fingerprint density at radius 3 is 2.19 bits per heavy atom. The molecule has 0 bridgehead atoms. The number of hydrogen-bond donors (Lipinski definition) is 1. The predicted octanol–water partition coefficient (Wildman–Crippen LogP) is 3.63. The standard InChI is InChI=1S/C14H30O2/c1-5-14(8-10-15)9-11-16-13(4)7-6-12(2)3/h12-15H,5-11H2,1-4H3. The van der Waals surface area contributed by atoms with Crippen molar-refractivity contribution in [3.05, 3.63) is 0 Å². The van der Waals surface area contributed by atoms with Crippen molar-refractivity contribution in [2.24, 2.45) is 11.8 Å². The maximum Gasteiger partial charge on any atom is 0.0547 e. The van der Waals surface area contributed by atoms with E-state index in [1.54, 1.807) is 0 Å². The molecule has 0 aromatic heterocycles. The van der Waals surface area contributed by atoms with Gasteiger partial charge < -0.3 is 9.84 Å². The molecule has 2 atom stereocenters. The van der Waals surface area contributed by atoms with Crippen molar-refractivity contribution in [2.45, 2.75) is 65.9 Å². The van der Waals surface area contributed by atoms with Crippen LogP contribution in [0.15, 0.2) is 0 Å². The summed E-state index contributed by atoms with van der Waals surface area (Å²) in [6.07, 6.45) is 5.94. The summed E-state index contributed by atoms with van der Waals surface area (Å²) in [5, 5.41) is 8.88. The Morgan fingerprint density at radius 2 is 1.69 bits per heavy atom. The lowest BCUT2D eigenvalue weighted by Gasteiger charge is -2.17. The first-order valence-corrected chi connectivity index (χ1v) is 6.82. The molecule has 98 valence electrons. The molecule has 2 nitrogen and oxygen atoms in total. The molecule has 0 aromatic rings.